The normalized spacial score (nSPS) is 12.8. The highest BCUT2D eigenvalue weighted by Gasteiger charge is 2.23. The van der Waals surface area contributed by atoms with Crippen LogP contribution in [0.2, 0.25) is 0 Å². The van der Waals surface area contributed by atoms with Crippen molar-refractivity contribution in [2.24, 2.45) is 0 Å². The molecule has 0 saturated heterocycles. The Balaban J connectivity index is 1.54. The summed E-state index contributed by atoms with van der Waals surface area (Å²) < 4.78 is 17.5. The molecule has 3 N–H and O–H groups in total. The summed E-state index contributed by atoms with van der Waals surface area (Å²) in [4.78, 5) is 24.0. The molecule has 0 bridgehead atoms. The average molecular weight is 403 g/mol. The van der Waals surface area contributed by atoms with Crippen LogP contribution in [0.5, 0.6) is 17.2 Å². The lowest BCUT2D eigenvalue weighted by Gasteiger charge is -2.16. The number of aromatic nitrogens is 2. The SMILES string of the molecule is COc1ccc(CNC(=O)Nc2cnn(CC(=O)NC3CC3)c2)c(OC)c1OC. The quantitative estimate of drug-likeness (QED) is 0.585. The first-order chi connectivity index (χ1) is 14.0. The van der Waals surface area contributed by atoms with E-state index in [2.05, 4.69) is 21.0 Å². The average Bonchev–Trinajstić information content (AvgIpc) is 3.42. The second kappa shape index (κ2) is 9.18. The van der Waals surface area contributed by atoms with E-state index in [-0.39, 0.29) is 19.0 Å². The molecule has 0 aliphatic heterocycles. The number of hydrogen-bond acceptors (Lipinski definition) is 6. The summed E-state index contributed by atoms with van der Waals surface area (Å²) in [6.45, 7) is 0.329. The van der Waals surface area contributed by atoms with E-state index < -0.39 is 6.03 Å². The van der Waals surface area contributed by atoms with Crippen molar-refractivity contribution in [3.05, 3.63) is 30.1 Å². The van der Waals surface area contributed by atoms with Crippen LogP contribution in [0.3, 0.4) is 0 Å². The Kier molecular flexibility index (Phi) is 6.43. The molecule has 1 aromatic carbocycles. The lowest BCUT2D eigenvalue weighted by atomic mass is 10.1. The molecule has 0 spiro atoms. The second-order valence-electron chi connectivity index (χ2n) is 6.57. The maximum absolute atomic E-state index is 12.2. The van der Waals surface area contributed by atoms with E-state index in [0.717, 1.165) is 18.4 Å². The fraction of sp³-hybridized carbons (Fsp3) is 0.421. The molecule has 1 saturated carbocycles. The van der Waals surface area contributed by atoms with Crippen LogP contribution < -0.4 is 30.2 Å². The highest BCUT2D eigenvalue weighted by molar-refractivity contribution is 5.89. The molecule has 1 aliphatic rings. The zero-order valence-electron chi connectivity index (χ0n) is 16.7. The number of rotatable bonds is 9. The van der Waals surface area contributed by atoms with E-state index >= 15 is 0 Å². The number of urea groups is 1. The molecular formula is C19H25N5O5. The first-order valence-corrected chi connectivity index (χ1v) is 9.18. The third-order valence-corrected chi connectivity index (χ3v) is 4.36. The van der Waals surface area contributed by atoms with Crippen molar-refractivity contribution >= 4 is 17.6 Å². The Labute approximate surface area is 168 Å². The monoisotopic (exact) mass is 403 g/mol. The number of carbonyl (C=O) groups is 2. The van der Waals surface area contributed by atoms with Crippen LogP contribution in [-0.4, -0.2) is 49.1 Å². The van der Waals surface area contributed by atoms with Gasteiger partial charge in [-0.3, -0.25) is 9.48 Å². The standard InChI is InChI=1S/C19H25N5O5/c1-27-15-7-4-12(17(28-2)18(15)29-3)8-20-19(26)23-14-9-21-24(10-14)11-16(25)22-13-5-6-13/h4,7,9-10,13H,5-6,8,11H2,1-3H3,(H,22,25)(H2,20,23,26). The van der Waals surface area contributed by atoms with Crippen molar-refractivity contribution in [2.45, 2.75) is 32.0 Å². The van der Waals surface area contributed by atoms with E-state index in [1.807, 2.05) is 0 Å². The first kappa shape index (κ1) is 20.3. The predicted molar refractivity (Wildman–Crippen MR) is 105 cm³/mol. The third-order valence-electron chi connectivity index (χ3n) is 4.36. The molecule has 0 atom stereocenters. The number of hydrogen-bond donors (Lipinski definition) is 3. The highest BCUT2D eigenvalue weighted by Crippen LogP contribution is 2.39. The second-order valence-corrected chi connectivity index (χ2v) is 6.57. The molecule has 156 valence electrons. The van der Waals surface area contributed by atoms with Crippen molar-refractivity contribution < 1.29 is 23.8 Å². The van der Waals surface area contributed by atoms with Crippen LogP contribution in [-0.2, 0) is 17.9 Å². The van der Waals surface area contributed by atoms with Gasteiger partial charge in [-0.25, -0.2) is 4.79 Å². The Morgan fingerprint density at radius 1 is 1.14 bits per heavy atom. The van der Waals surface area contributed by atoms with Gasteiger partial charge in [0.2, 0.25) is 11.7 Å². The van der Waals surface area contributed by atoms with E-state index in [1.165, 1.54) is 25.1 Å². The van der Waals surface area contributed by atoms with Crippen molar-refractivity contribution in [3.63, 3.8) is 0 Å². The maximum Gasteiger partial charge on any atom is 0.319 e. The summed E-state index contributed by atoms with van der Waals surface area (Å²) in [5.74, 6) is 1.39. The molecular weight excluding hydrogens is 378 g/mol. The molecule has 1 heterocycles. The maximum atomic E-state index is 12.2. The summed E-state index contributed by atoms with van der Waals surface area (Å²) in [6.07, 6.45) is 5.15. The number of anilines is 1. The zero-order chi connectivity index (χ0) is 20.8. The van der Waals surface area contributed by atoms with Gasteiger partial charge >= 0.3 is 6.03 Å². The van der Waals surface area contributed by atoms with Gasteiger partial charge in [0.25, 0.3) is 0 Å². The van der Waals surface area contributed by atoms with Gasteiger partial charge in [0.05, 0.1) is 33.2 Å². The fourth-order valence-corrected chi connectivity index (χ4v) is 2.82. The first-order valence-electron chi connectivity index (χ1n) is 9.18. The van der Waals surface area contributed by atoms with E-state index in [9.17, 15) is 9.59 Å². The molecule has 0 radical (unpaired) electrons. The minimum absolute atomic E-state index is 0.0906. The molecule has 10 heteroatoms. The van der Waals surface area contributed by atoms with Crippen LogP contribution in [0.25, 0.3) is 0 Å². The van der Waals surface area contributed by atoms with Gasteiger partial charge in [0.1, 0.15) is 6.54 Å². The van der Waals surface area contributed by atoms with Crippen molar-refractivity contribution in [1.82, 2.24) is 20.4 Å². The number of ether oxygens (including phenoxy) is 3. The summed E-state index contributed by atoms with van der Waals surface area (Å²) in [7, 11) is 4.58. The number of amides is 3. The molecule has 10 nitrogen and oxygen atoms in total. The molecule has 3 amide bonds. The Morgan fingerprint density at radius 3 is 2.55 bits per heavy atom. The Bertz CT molecular complexity index is 878. The predicted octanol–water partition coefficient (Wildman–Crippen LogP) is 1.51. The van der Waals surface area contributed by atoms with Crippen molar-refractivity contribution in [3.8, 4) is 17.2 Å². The van der Waals surface area contributed by atoms with Gasteiger partial charge in [-0.15, -0.1) is 0 Å². The van der Waals surface area contributed by atoms with E-state index in [0.29, 0.717) is 29.0 Å². The van der Waals surface area contributed by atoms with Crippen LogP contribution in [0, 0.1) is 0 Å². The van der Waals surface area contributed by atoms with Crippen LogP contribution >= 0.6 is 0 Å². The third kappa shape index (κ3) is 5.31. The van der Waals surface area contributed by atoms with Gasteiger partial charge in [0.15, 0.2) is 11.5 Å². The Hall–Kier alpha value is -3.43. The van der Waals surface area contributed by atoms with Gasteiger partial charge < -0.3 is 30.2 Å². The van der Waals surface area contributed by atoms with Gasteiger partial charge in [0, 0.05) is 24.3 Å². The largest absolute Gasteiger partial charge is 0.493 e. The molecule has 29 heavy (non-hydrogen) atoms. The molecule has 1 aromatic heterocycles. The molecule has 0 unspecified atom stereocenters. The lowest BCUT2D eigenvalue weighted by Crippen LogP contribution is -2.29. The minimum atomic E-state index is -0.413. The smallest absolute Gasteiger partial charge is 0.319 e. The summed E-state index contributed by atoms with van der Waals surface area (Å²) >= 11 is 0. The highest BCUT2D eigenvalue weighted by atomic mass is 16.5. The number of nitrogens with zero attached hydrogens (tertiary/aromatic N) is 2. The molecule has 2 aromatic rings. The van der Waals surface area contributed by atoms with E-state index in [4.69, 9.17) is 14.2 Å². The minimum Gasteiger partial charge on any atom is -0.493 e. The number of benzene rings is 1. The van der Waals surface area contributed by atoms with Crippen molar-refractivity contribution in [1.29, 1.82) is 0 Å². The van der Waals surface area contributed by atoms with Gasteiger partial charge in [-0.05, 0) is 25.0 Å². The summed E-state index contributed by atoms with van der Waals surface area (Å²) in [5, 5.41) is 12.4. The van der Waals surface area contributed by atoms with Gasteiger partial charge in [-0.2, -0.15) is 5.10 Å². The molecule has 1 aliphatic carbocycles. The van der Waals surface area contributed by atoms with E-state index in [1.54, 1.807) is 25.4 Å². The van der Waals surface area contributed by atoms with Crippen LogP contribution in [0.1, 0.15) is 18.4 Å². The van der Waals surface area contributed by atoms with Crippen LogP contribution in [0.15, 0.2) is 24.5 Å². The number of nitrogens with one attached hydrogen (secondary N) is 3. The molecule has 1 fully saturated rings. The summed E-state index contributed by atoms with van der Waals surface area (Å²) in [6, 6.07) is 3.42. The van der Waals surface area contributed by atoms with Gasteiger partial charge in [-0.1, -0.05) is 0 Å². The number of methoxy groups -OCH3 is 3. The van der Waals surface area contributed by atoms with Crippen LogP contribution in [0.4, 0.5) is 10.5 Å². The molecule has 3 rings (SSSR count). The Morgan fingerprint density at radius 2 is 1.90 bits per heavy atom. The van der Waals surface area contributed by atoms with Crippen molar-refractivity contribution in [2.75, 3.05) is 26.6 Å². The summed E-state index contributed by atoms with van der Waals surface area (Å²) in [5.41, 5.74) is 1.22. The topological polar surface area (TPSA) is 116 Å². The fourth-order valence-electron chi connectivity index (χ4n) is 2.82. The number of carbonyl (C=O) groups excluding carboxylic acids is 2. The lowest BCUT2D eigenvalue weighted by molar-refractivity contribution is -0.122. The zero-order valence-corrected chi connectivity index (χ0v) is 16.7.